The van der Waals surface area contributed by atoms with Gasteiger partial charge in [-0.3, -0.25) is 4.79 Å². The molecule has 0 aromatic heterocycles. The van der Waals surface area contributed by atoms with Crippen LogP contribution < -0.4 is 0 Å². The lowest BCUT2D eigenvalue weighted by Crippen LogP contribution is -1.88. The van der Waals surface area contributed by atoms with Gasteiger partial charge >= 0.3 is 0 Å². The van der Waals surface area contributed by atoms with E-state index in [1.165, 1.54) is 0 Å². The molecule has 10 heavy (non-hydrogen) atoms. The first kappa shape index (κ1) is 12.4. The van der Waals surface area contributed by atoms with Gasteiger partial charge in [0.25, 0.3) is 0 Å². The zero-order chi connectivity index (χ0) is 8.57. The van der Waals surface area contributed by atoms with Crippen molar-refractivity contribution >= 4 is 5.78 Å². The van der Waals surface area contributed by atoms with Crippen LogP contribution in [0.1, 0.15) is 47.5 Å². The van der Waals surface area contributed by atoms with Crippen LogP contribution in [0, 0.1) is 5.92 Å². The first-order valence-corrected chi connectivity index (χ1v) is 4.31. The molecule has 1 rings (SSSR count). The number of Topliss-reactive ketones (excluding diaryl/α,β-unsaturated/α-hetero) is 1. The molecule has 1 saturated carbocycles. The lowest BCUT2D eigenvalue weighted by molar-refractivity contribution is -0.118. The summed E-state index contributed by atoms with van der Waals surface area (Å²) in [5.41, 5.74) is 0. The summed E-state index contributed by atoms with van der Waals surface area (Å²) in [7, 11) is 0. The second-order valence-corrected chi connectivity index (χ2v) is 1.88. The highest BCUT2D eigenvalue weighted by Gasteiger charge is 2.25. The van der Waals surface area contributed by atoms with Gasteiger partial charge < -0.3 is 0 Å². The number of hydrogen-bond acceptors (Lipinski definition) is 1. The summed E-state index contributed by atoms with van der Waals surface area (Å²) in [6, 6.07) is 0. The van der Waals surface area contributed by atoms with Crippen molar-refractivity contribution in [3.8, 4) is 0 Å². The summed E-state index contributed by atoms with van der Waals surface area (Å²) in [4.78, 5) is 10.2. The van der Waals surface area contributed by atoms with Crippen LogP contribution >= 0.6 is 0 Å². The molecule has 0 atom stereocenters. The van der Waals surface area contributed by atoms with E-state index in [1.54, 1.807) is 6.92 Å². The Balaban J connectivity index is 0. The van der Waals surface area contributed by atoms with Gasteiger partial charge in [0.05, 0.1) is 0 Å². The third-order valence-corrected chi connectivity index (χ3v) is 1.15. The standard InChI is InChI=1S/C5H8O.2C2H6/c1-4(6)5-2-3-5;2*1-2/h5H,2-3H2,1H3;2*1-2H3. The van der Waals surface area contributed by atoms with E-state index in [9.17, 15) is 4.79 Å². The predicted molar refractivity (Wildman–Crippen MR) is 46.1 cm³/mol. The monoisotopic (exact) mass is 144 g/mol. The number of ketones is 1. The van der Waals surface area contributed by atoms with Crippen molar-refractivity contribution in [1.29, 1.82) is 0 Å². The average Bonchev–Trinajstić information content (AvgIpc) is 2.78. The van der Waals surface area contributed by atoms with E-state index in [4.69, 9.17) is 0 Å². The molecule has 0 bridgehead atoms. The molecule has 0 saturated heterocycles. The van der Waals surface area contributed by atoms with Gasteiger partial charge in [0, 0.05) is 5.92 Å². The fraction of sp³-hybridized carbons (Fsp3) is 0.889. The number of hydrogen-bond donors (Lipinski definition) is 0. The van der Waals surface area contributed by atoms with Crippen molar-refractivity contribution in [2.75, 3.05) is 0 Å². The first-order valence-electron chi connectivity index (χ1n) is 4.31. The lowest BCUT2D eigenvalue weighted by Gasteiger charge is -1.75. The van der Waals surface area contributed by atoms with Crippen LogP contribution in [0.25, 0.3) is 0 Å². The number of carbonyl (C=O) groups excluding carboxylic acids is 1. The average molecular weight is 144 g/mol. The topological polar surface area (TPSA) is 17.1 Å². The Morgan fingerprint density at radius 3 is 1.40 bits per heavy atom. The van der Waals surface area contributed by atoms with Gasteiger partial charge in [-0.05, 0) is 19.8 Å². The van der Waals surface area contributed by atoms with Crippen molar-refractivity contribution in [3.05, 3.63) is 0 Å². The lowest BCUT2D eigenvalue weighted by atomic mass is 10.3. The maximum atomic E-state index is 10.2. The zero-order valence-electron chi connectivity index (χ0n) is 7.90. The zero-order valence-corrected chi connectivity index (χ0v) is 7.90. The van der Waals surface area contributed by atoms with Gasteiger partial charge in [0.1, 0.15) is 5.78 Å². The second-order valence-electron chi connectivity index (χ2n) is 1.88. The normalized spacial score (nSPS) is 13.7. The molecule has 62 valence electrons. The minimum Gasteiger partial charge on any atom is -0.300 e. The Morgan fingerprint density at radius 2 is 1.40 bits per heavy atom. The fourth-order valence-electron chi connectivity index (χ4n) is 0.490. The summed E-state index contributed by atoms with van der Waals surface area (Å²) in [5, 5.41) is 0. The Bertz CT molecular complexity index is 72.8. The van der Waals surface area contributed by atoms with Crippen molar-refractivity contribution in [1.82, 2.24) is 0 Å². The maximum absolute atomic E-state index is 10.2. The minimum atomic E-state index is 0.370. The molecule has 0 heterocycles. The molecule has 1 nitrogen and oxygen atoms in total. The molecule has 0 N–H and O–H groups in total. The molecule has 0 spiro atoms. The Morgan fingerprint density at radius 1 is 1.10 bits per heavy atom. The van der Waals surface area contributed by atoms with Gasteiger partial charge in [-0.25, -0.2) is 0 Å². The van der Waals surface area contributed by atoms with Crippen LogP contribution in [0.4, 0.5) is 0 Å². The van der Waals surface area contributed by atoms with Gasteiger partial charge in [0.2, 0.25) is 0 Å². The number of rotatable bonds is 1. The third kappa shape index (κ3) is 7.67. The van der Waals surface area contributed by atoms with Gasteiger partial charge in [0.15, 0.2) is 0 Å². The van der Waals surface area contributed by atoms with Gasteiger partial charge in [-0.1, -0.05) is 27.7 Å². The largest absolute Gasteiger partial charge is 0.300 e. The second kappa shape index (κ2) is 8.67. The predicted octanol–water partition coefficient (Wildman–Crippen LogP) is 3.04. The van der Waals surface area contributed by atoms with Crippen LogP contribution in [-0.4, -0.2) is 5.78 Å². The molecule has 1 aliphatic rings. The fourth-order valence-corrected chi connectivity index (χ4v) is 0.490. The Labute approximate surface area is 64.8 Å². The van der Waals surface area contributed by atoms with E-state index in [-0.39, 0.29) is 0 Å². The van der Waals surface area contributed by atoms with Gasteiger partial charge in [-0.2, -0.15) is 0 Å². The van der Waals surface area contributed by atoms with E-state index in [2.05, 4.69) is 0 Å². The van der Waals surface area contributed by atoms with E-state index in [1.807, 2.05) is 27.7 Å². The number of carbonyl (C=O) groups is 1. The highest BCUT2D eigenvalue weighted by molar-refractivity contribution is 5.80. The smallest absolute Gasteiger partial charge is 0.132 e. The van der Waals surface area contributed by atoms with Crippen molar-refractivity contribution in [2.45, 2.75) is 47.5 Å². The molecule has 1 aliphatic carbocycles. The molecule has 0 unspecified atom stereocenters. The third-order valence-electron chi connectivity index (χ3n) is 1.15. The molecule has 0 aromatic carbocycles. The van der Waals surface area contributed by atoms with Crippen LogP contribution in [0.2, 0.25) is 0 Å². The van der Waals surface area contributed by atoms with Crippen LogP contribution in [0.5, 0.6) is 0 Å². The molecular weight excluding hydrogens is 124 g/mol. The summed E-state index contributed by atoms with van der Waals surface area (Å²) < 4.78 is 0. The van der Waals surface area contributed by atoms with Crippen LogP contribution in [-0.2, 0) is 4.79 Å². The van der Waals surface area contributed by atoms with Gasteiger partial charge in [-0.15, -0.1) is 0 Å². The Hall–Kier alpha value is -0.330. The summed E-state index contributed by atoms with van der Waals surface area (Å²) in [6.07, 6.45) is 2.30. The first-order chi connectivity index (χ1) is 4.80. The molecule has 1 fully saturated rings. The van der Waals surface area contributed by atoms with E-state index < -0.39 is 0 Å². The molecule has 0 aliphatic heterocycles. The quantitative estimate of drug-likeness (QED) is 0.553. The van der Waals surface area contributed by atoms with E-state index in [0.717, 1.165) is 12.8 Å². The molecule has 1 heteroatoms. The highest BCUT2D eigenvalue weighted by Crippen LogP contribution is 2.29. The highest BCUT2D eigenvalue weighted by atomic mass is 16.1. The van der Waals surface area contributed by atoms with Crippen LogP contribution in [0.15, 0.2) is 0 Å². The molecule has 0 aromatic rings. The van der Waals surface area contributed by atoms with Crippen LogP contribution in [0.3, 0.4) is 0 Å². The van der Waals surface area contributed by atoms with E-state index in [0.29, 0.717) is 11.7 Å². The van der Waals surface area contributed by atoms with E-state index >= 15 is 0 Å². The minimum absolute atomic E-state index is 0.370. The molecular formula is C9H20O. The molecule has 0 radical (unpaired) electrons. The SMILES string of the molecule is CC.CC.CC(=O)C1CC1. The summed E-state index contributed by atoms with van der Waals surface area (Å²) in [6.45, 7) is 9.66. The summed E-state index contributed by atoms with van der Waals surface area (Å²) >= 11 is 0. The van der Waals surface area contributed by atoms with Crippen molar-refractivity contribution in [3.63, 3.8) is 0 Å². The Kier molecular flexibility index (Phi) is 10.7. The summed E-state index contributed by atoms with van der Waals surface area (Å²) in [5.74, 6) is 0.833. The molecule has 0 amide bonds. The van der Waals surface area contributed by atoms with Crippen molar-refractivity contribution in [2.24, 2.45) is 5.92 Å². The van der Waals surface area contributed by atoms with Crippen molar-refractivity contribution < 1.29 is 4.79 Å². The maximum Gasteiger partial charge on any atom is 0.132 e.